The van der Waals surface area contributed by atoms with E-state index in [0.717, 1.165) is 32.2 Å². The van der Waals surface area contributed by atoms with E-state index in [4.69, 9.17) is 10.2 Å². The van der Waals surface area contributed by atoms with Crippen molar-refractivity contribution in [2.24, 2.45) is 11.8 Å². The number of piperidine rings is 2. The first-order valence-electron chi connectivity index (χ1n) is 7.33. The van der Waals surface area contributed by atoms with Crippen molar-refractivity contribution in [1.82, 2.24) is 9.62 Å². The van der Waals surface area contributed by atoms with Gasteiger partial charge >= 0.3 is 11.9 Å². The summed E-state index contributed by atoms with van der Waals surface area (Å²) in [4.78, 5) is 20.9. The summed E-state index contributed by atoms with van der Waals surface area (Å²) in [7, 11) is -3.13. The topological polar surface area (TPSA) is 124 Å². The number of rotatable bonds is 3. The van der Waals surface area contributed by atoms with Crippen LogP contribution in [0.5, 0.6) is 0 Å². The van der Waals surface area contributed by atoms with Gasteiger partial charge in [-0.25, -0.2) is 12.7 Å². The molecule has 0 spiro atoms. The first-order chi connectivity index (χ1) is 10.2. The Morgan fingerprint density at radius 3 is 1.65 bits per heavy atom. The summed E-state index contributed by atoms with van der Waals surface area (Å²) >= 11 is 0. The Hall–Kier alpha value is -1.19. The fourth-order valence-electron chi connectivity index (χ4n) is 2.50. The molecule has 0 aromatic carbocycles. The minimum absolute atomic E-state index is 0. The van der Waals surface area contributed by atoms with Gasteiger partial charge in [0.05, 0.1) is 18.1 Å². The summed E-state index contributed by atoms with van der Waals surface area (Å²) in [5, 5.41) is 20.3. The first-order valence-corrected chi connectivity index (χ1v) is 9.18. The van der Waals surface area contributed by atoms with Crippen LogP contribution in [0.25, 0.3) is 0 Å². The van der Waals surface area contributed by atoms with E-state index >= 15 is 0 Å². The lowest BCUT2D eigenvalue weighted by Gasteiger charge is -2.27. The van der Waals surface area contributed by atoms with E-state index in [-0.39, 0.29) is 19.3 Å². The second-order valence-corrected chi connectivity index (χ2v) is 7.62. The predicted molar refractivity (Wildman–Crippen MR) is 86.7 cm³/mol. The van der Waals surface area contributed by atoms with Gasteiger partial charge in [0.25, 0.3) is 0 Å². The van der Waals surface area contributed by atoms with E-state index in [1.165, 1.54) is 4.31 Å². The third-order valence-electron chi connectivity index (χ3n) is 3.96. The van der Waals surface area contributed by atoms with Crippen LogP contribution in [0.15, 0.2) is 0 Å². The quantitative estimate of drug-likeness (QED) is 0.673. The molecule has 0 aliphatic carbocycles. The van der Waals surface area contributed by atoms with Gasteiger partial charge < -0.3 is 15.5 Å². The SMILES string of the molecule is C.CS(=O)(=O)N1CCC(C(=O)O)CC1.O=C(O)C1CCNCC1. The number of aliphatic carboxylic acids is 2. The van der Waals surface area contributed by atoms with Crippen LogP contribution in [0, 0.1) is 11.8 Å². The van der Waals surface area contributed by atoms with Crippen LogP contribution in [-0.2, 0) is 19.6 Å². The summed E-state index contributed by atoms with van der Waals surface area (Å²) in [5.41, 5.74) is 0. The standard InChI is InChI=1S/C7H13NO4S.C6H11NO2.CH4/c1-13(11,12)8-4-2-6(3-5-8)7(9)10;8-6(9)5-1-3-7-4-2-5;/h6H,2-5H2,1H3,(H,9,10);5,7H,1-4H2,(H,8,9);1H4. The third kappa shape index (κ3) is 7.76. The average Bonchev–Trinajstić information content (AvgIpc) is 2.48. The maximum Gasteiger partial charge on any atom is 0.306 e. The van der Waals surface area contributed by atoms with E-state index < -0.39 is 22.0 Å². The lowest BCUT2D eigenvalue weighted by molar-refractivity contribution is -0.143. The Labute approximate surface area is 137 Å². The van der Waals surface area contributed by atoms with Gasteiger partial charge in [0, 0.05) is 13.1 Å². The minimum atomic E-state index is -3.13. The Morgan fingerprint density at radius 2 is 1.35 bits per heavy atom. The van der Waals surface area contributed by atoms with Crippen LogP contribution < -0.4 is 5.32 Å². The number of carboxylic acid groups (broad SMARTS) is 2. The van der Waals surface area contributed by atoms with Crippen molar-refractivity contribution in [3.8, 4) is 0 Å². The summed E-state index contributed by atoms with van der Waals surface area (Å²) in [5.74, 6) is -1.94. The van der Waals surface area contributed by atoms with Gasteiger partial charge in [0.1, 0.15) is 0 Å². The predicted octanol–water partition coefficient (Wildman–Crippen LogP) is 0.449. The van der Waals surface area contributed by atoms with E-state index in [1.54, 1.807) is 0 Å². The number of sulfonamides is 1. The number of nitrogens with zero attached hydrogens (tertiary/aromatic N) is 1. The van der Waals surface area contributed by atoms with Gasteiger partial charge in [0.15, 0.2) is 0 Å². The highest BCUT2D eigenvalue weighted by atomic mass is 32.2. The molecule has 2 aliphatic heterocycles. The molecule has 9 heteroatoms. The maximum atomic E-state index is 11.0. The van der Waals surface area contributed by atoms with Crippen molar-refractivity contribution in [2.45, 2.75) is 33.1 Å². The molecule has 2 saturated heterocycles. The zero-order chi connectivity index (χ0) is 16.8. The molecule has 23 heavy (non-hydrogen) atoms. The lowest BCUT2D eigenvalue weighted by Crippen LogP contribution is -2.39. The molecular weight excluding hydrogens is 324 g/mol. The largest absolute Gasteiger partial charge is 0.481 e. The Morgan fingerprint density at radius 1 is 0.957 bits per heavy atom. The molecule has 0 atom stereocenters. The molecule has 0 aromatic heterocycles. The molecule has 2 heterocycles. The Bertz CT molecular complexity index is 479. The van der Waals surface area contributed by atoms with Gasteiger partial charge in [-0.15, -0.1) is 0 Å². The maximum absolute atomic E-state index is 11.0. The highest BCUT2D eigenvalue weighted by molar-refractivity contribution is 7.88. The fraction of sp³-hybridized carbons (Fsp3) is 0.857. The van der Waals surface area contributed by atoms with Crippen molar-refractivity contribution in [2.75, 3.05) is 32.4 Å². The van der Waals surface area contributed by atoms with Crippen LogP contribution in [-0.4, -0.2) is 67.3 Å². The number of nitrogens with one attached hydrogen (secondary N) is 1. The molecule has 2 aliphatic rings. The van der Waals surface area contributed by atoms with Gasteiger partial charge in [-0.05, 0) is 38.8 Å². The summed E-state index contributed by atoms with van der Waals surface area (Å²) in [6.45, 7) is 2.37. The second kappa shape index (κ2) is 9.84. The van der Waals surface area contributed by atoms with Crippen LogP contribution in [0.3, 0.4) is 0 Å². The number of hydrogen-bond acceptors (Lipinski definition) is 5. The average molecular weight is 352 g/mol. The van der Waals surface area contributed by atoms with Crippen molar-refractivity contribution in [3.63, 3.8) is 0 Å². The summed E-state index contributed by atoms with van der Waals surface area (Å²) in [6.07, 6.45) is 3.56. The smallest absolute Gasteiger partial charge is 0.306 e. The van der Waals surface area contributed by atoms with Crippen molar-refractivity contribution in [3.05, 3.63) is 0 Å². The summed E-state index contributed by atoms with van der Waals surface area (Å²) in [6, 6.07) is 0. The van der Waals surface area contributed by atoms with Crippen LogP contribution in [0.4, 0.5) is 0 Å². The molecule has 136 valence electrons. The van der Waals surface area contributed by atoms with E-state index in [0.29, 0.717) is 25.9 Å². The lowest BCUT2D eigenvalue weighted by atomic mass is 9.99. The van der Waals surface area contributed by atoms with Crippen molar-refractivity contribution in [1.29, 1.82) is 0 Å². The molecule has 2 fully saturated rings. The number of carbonyl (C=O) groups is 2. The van der Waals surface area contributed by atoms with Crippen LogP contribution in [0.1, 0.15) is 33.1 Å². The fourth-order valence-corrected chi connectivity index (χ4v) is 3.38. The number of hydrogen-bond donors (Lipinski definition) is 3. The normalized spacial score (nSPS) is 20.7. The molecule has 0 saturated carbocycles. The zero-order valence-electron chi connectivity index (χ0n) is 12.7. The molecule has 8 nitrogen and oxygen atoms in total. The molecule has 2 rings (SSSR count). The Balaban J connectivity index is 0.000000427. The molecule has 0 aromatic rings. The minimum Gasteiger partial charge on any atom is -0.481 e. The summed E-state index contributed by atoms with van der Waals surface area (Å²) < 4.78 is 23.4. The van der Waals surface area contributed by atoms with Gasteiger partial charge in [0.2, 0.25) is 10.0 Å². The second-order valence-electron chi connectivity index (χ2n) is 5.64. The Kier molecular flexibility index (Phi) is 9.33. The molecule has 0 radical (unpaired) electrons. The monoisotopic (exact) mass is 352 g/mol. The van der Waals surface area contributed by atoms with E-state index in [9.17, 15) is 18.0 Å². The molecule has 0 amide bonds. The van der Waals surface area contributed by atoms with Crippen LogP contribution >= 0.6 is 0 Å². The van der Waals surface area contributed by atoms with Gasteiger partial charge in [-0.1, -0.05) is 7.43 Å². The van der Waals surface area contributed by atoms with Crippen molar-refractivity contribution >= 4 is 22.0 Å². The number of carboxylic acids is 2. The molecular formula is C14H28N2O6S. The van der Waals surface area contributed by atoms with Gasteiger partial charge in [-0.2, -0.15) is 0 Å². The molecule has 0 unspecified atom stereocenters. The third-order valence-corrected chi connectivity index (χ3v) is 5.26. The highest BCUT2D eigenvalue weighted by Crippen LogP contribution is 2.18. The van der Waals surface area contributed by atoms with Gasteiger partial charge in [-0.3, -0.25) is 9.59 Å². The molecule has 0 bridgehead atoms. The van der Waals surface area contributed by atoms with Crippen molar-refractivity contribution < 1.29 is 28.2 Å². The molecule has 3 N–H and O–H groups in total. The van der Waals surface area contributed by atoms with E-state index in [2.05, 4.69) is 5.32 Å². The first kappa shape index (κ1) is 21.8. The highest BCUT2D eigenvalue weighted by Gasteiger charge is 2.28. The van der Waals surface area contributed by atoms with Crippen LogP contribution in [0.2, 0.25) is 0 Å². The zero-order valence-corrected chi connectivity index (χ0v) is 13.5. The van der Waals surface area contributed by atoms with E-state index in [1.807, 2.05) is 0 Å².